The van der Waals surface area contributed by atoms with Gasteiger partial charge in [-0.2, -0.15) is 4.68 Å². The Labute approximate surface area is 135 Å². The molecule has 0 bridgehead atoms. The third-order valence-electron chi connectivity index (χ3n) is 3.06. The highest BCUT2D eigenvalue weighted by molar-refractivity contribution is 8.00. The molecule has 3 rings (SSSR count). The van der Waals surface area contributed by atoms with Crippen LogP contribution in [0.5, 0.6) is 5.75 Å². The number of esters is 1. The van der Waals surface area contributed by atoms with Crippen LogP contribution in [0.4, 0.5) is 0 Å². The van der Waals surface area contributed by atoms with Crippen molar-refractivity contribution in [2.24, 2.45) is 0 Å². The van der Waals surface area contributed by atoms with Crippen molar-refractivity contribution in [2.75, 3.05) is 20.0 Å². The van der Waals surface area contributed by atoms with Crippen molar-refractivity contribution >= 4 is 28.9 Å². The first kappa shape index (κ1) is 15.2. The number of benzene rings is 1. The van der Waals surface area contributed by atoms with E-state index in [4.69, 9.17) is 4.74 Å². The Morgan fingerprint density at radius 3 is 2.96 bits per heavy atom. The number of ether oxygens (including phenoxy) is 2. The number of rotatable bonds is 5. The number of hydrogen-bond donors (Lipinski definition) is 0. The first-order valence-electron chi connectivity index (χ1n) is 6.63. The average molecular weight is 331 g/mol. The highest BCUT2D eigenvalue weighted by Gasteiger charge is 2.15. The maximum absolute atomic E-state index is 11.3. The van der Waals surface area contributed by atoms with Gasteiger partial charge >= 0.3 is 5.97 Å². The molecule has 0 aliphatic carbocycles. The highest BCUT2D eigenvalue weighted by Crippen LogP contribution is 2.25. The molecule has 0 aliphatic heterocycles. The summed E-state index contributed by atoms with van der Waals surface area (Å²) in [6.45, 7) is 0. The Balaban J connectivity index is 1.99. The van der Waals surface area contributed by atoms with Crippen LogP contribution in [-0.2, 0) is 9.53 Å². The molecule has 0 fully saturated rings. The second-order valence-corrected chi connectivity index (χ2v) is 5.38. The van der Waals surface area contributed by atoms with Gasteiger partial charge in [0.1, 0.15) is 17.1 Å². The lowest BCUT2D eigenvalue weighted by atomic mass is 10.3. The summed E-state index contributed by atoms with van der Waals surface area (Å²) >= 11 is 1.23. The van der Waals surface area contributed by atoms with E-state index in [0.717, 1.165) is 5.69 Å². The number of aromatic nitrogens is 5. The van der Waals surface area contributed by atoms with Crippen LogP contribution in [0.1, 0.15) is 0 Å². The Morgan fingerprint density at radius 1 is 1.30 bits per heavy atom. The van der Waals surface area contributed by atoms with Gasteiger partial charge in [0.2, 0.25) is 0 Å². The zero-order valence-corrected chi connectivity index (χ0v) is 13.3. The summed E-state index contributed by atoms with van der Waals surface area (Å²) in [6, 6.07) is 7.41. The Kier molecular flexibility index (Phi) is 4.38. The molecule has 0 aliphatic rings. The van der Waals surface area contributed by atoms with Crippen LogP contribution in [0, 0.1) is 0 Å². The molecule has 2 aromatic heterocycles. The molecule has 0 spiro atoms. The molecule has 0 amide bonds. The summed E-state index contributed by atoms with van der Waals surface area (Å²) in [6.07, 6.45) is 1.42. The van der Waals surface area contributed by atoms with Crippen molar-refractivity contribution in [1.82, 2.24) is 25.0 Å². The quantitative estimate of drug-likeness (QED) is 0.394. The zero-order chi connectivity index (χ0) is 16.2. The SMILES string of the molecule is COC(=O)CSc1ncnc2c1nnn2-c1cccc(OC)c1. The van der Waals surface area contributed by atoms with Crippen molar-refractivity contribution in [3.63, 3.8) is 0 Å². The van der Waals surface area contributed by atoms with Gasteiger partial charge in [-0.1, -0.05) is 23.0 Å². The third kappa shape index (κ3) is 3.09. The van der Waals surface area contributed by atoms with Gasteiger partial charge in [-0.15, -0.1) is 5.10 Å². The monoisotopic (exact) mass is 331 g/mol. The molecule has 0 N–H and O–H groups in total. The predicted molar refractivity (Wildman–Crippen MR) is 83.7 cm³/mol. The smallest absolute Gasteiger partial charge is 0.316 e. The van der Waals surface area contributed by atoms with E-state index < -0.39 is 0 Å². The van der Waals surface area contributed by atoms with E-state index in [2.05, 4.69) is 25.0 Å². The summed E-state index contributed by atoms with van der Waals surface area (Å²) in [7, 11) is 2.94. The third-order valence-corrected chi connectivity index (χ3v) is 4.01. The number of thioether (sulfide) groups is 1. The number of carbonyl (C=O) groups excluding carboxylic acids is 1. The number of fused-ring (bicyclic) bond motifs is 1. The van der Waals surface area contributed by atoms with Gasteiger partial charge < -0.3 is 9.47 Å². The van der Waals surface area contributed by atoms with E-state index >= 15 is 0 Å². The van der Waals surface area contributed by atoms with E-state index in [1.165, 1.54) is 25.2 Å². The molecule has 9 heteroatoms. The molecule has 2 heterocycles. The molecule has 0 radical (unpaired) electrons. The van der Waals surface area contributed by atoms with Gasteiger partial charge in [0.15, 0.2) is 11.2 Å². The molecular weight excluding hydrogens is 318 g/mol. The molecule has 0 saturated carbocycles. The second kappa shape index (κ2) is 6.61. The Hall–Kier alpha value is -2.68. The lowest BCUT2D eigenvalue weighted by Crippen LogP contribution is -2.03. The Bertz CT molecular complexity index is 851. The number of carbonyl (C=O) groups is 1. The first-order valence-corrected chi connectivity index (χ1v) is 7.62. The molecule has 3 aromatic rings. The molecule has 118 valence electrons. The van der Waals surface area contributed by atoms with Gasteiger partial charge in [-0.05, 0) is 12.1 Å². The number of hydrogen-bond acceptors (Lipinski definition) is 8. The fraction of sp³-hybridized carbons (Fsp3) is 0.214. The zero-order valence-electron chi connectivity index (χ0n) is 12.5. The van der Waals surface area contributed by atoms with Crippen molar-refractivity contribution in [2.45, 2.75) is 5.03 Å². The van der Waals surface area contributed by atoms with Gasteiger partial charge in [0.25, 0.3) is 0 Å². The van der Waals surface area contributed by atoms with Crippen LogP contribution in [0.2, 0.25) is 0 Å². The minimum atomic E-state index is -0.332. The number of methoxy groups -OCH3 is 2. The van der Waals surface area contributed by atoms with Gasteiger partial charge in [0, 0.05) is 6.07 Å². The normalized spacial score (nSPS) is 10.7. The minimum Gasteiger partial charge on any atom is -0.497 e. The summed E-state index contributed by atoms with van der Waals surface area (Å²) in [5.74, 6) is 0.525. The first-order chi connectivity index (χ1) is 11.2. The van der Waals surface area contributed by atoms with Crippen LogP contribution in [0.3, 0.4) is 0 Å². The lowest BCUT2D eigenvalue weighted by Gasteiger charge is -2.04. The van der Waals surface area contributed by atoms with E-state index in [0.29, 0.717) is 21.9 Å². The topological polar surface area (TPSA) is 92.0 Å². The molecule has 0 saturated heterocycles. The summed E-state index contributed by atoms with van der Waals surface area (Å²) in [5.41, 5.74) is 1.86. The van der Waals surface area contributed by atoms with Crippen molar-refractivity contribution in [3.8, 4) is 11.4 Å². The van der Waals surface area contributed by atoms with Crippen LogP contribution < -0.4 is 4.74 Å². The van der Waals surface area contributed by atoms with E-state index in [9.17, 15) is 4.79 Å². The second-order valence-electron chi connectivity index (χ2n) is 4.42. The molecule has 0 unspecified atom stereocenters. The largest absolute Gasteiger partial charge is 0.497 e. The molecule has 23 heavy (non-hydrogen) atoms. The predicted octanol–water partition coefficient (Wildman–Crippen LogP) is 1.48. The van der Waals surface area contributed by atoms with Crippen molar-refractivity contribution < 1.29 is 14.3 Å². The van der Waals surface area contributed by atoms with Crippen LogP contribution in [0.25, 0.3) is 16.9 Å². The maximum Gasteiger partial charge on any atom is 0.316 e. The molecule has 0 atom stereocenters. The van der Waals surface area contributed by atoms with Crippen molar-refractivity contribution in [3.05, 3.63) is 30.6 Å². The van der Waals surface area contributed by atoms with Crippen molar-refractivity contribution in [1.29, 1.82) is 0 Å². The molecular formula is C14H13N5O3S. The minimum absolute atomic E-state index is 0.147. The average Bonchev–Trinajstić information content (AvgIpc) is 3.04. The standard InChI is InChI=1S/C14H13N5O3S/c1-21-10-5-3-4-9(6-10)19-13-12(17-18-19)14(16-8-15-13)23-7-11(20)22-2/h3-6,8H,7H2,1-2H3. The maximum atomic E-state index is 11.3. The van der Waals surface area contributed by atoms with Crippen LogP contribution in [-0.4, -0.2) is 50.9 Å². The number of nitrogens with zero attached hydrogens (tertiary/aromatic N) is 5. The fourth-order valence-corrected chi connectivity index (χ4v) is 2.70. The van der Waals surface area contributed by atoms with E-state index in [-0.39, 0.29) is 11.7 Å². The summed E-state index contributed by atoms with van der Waals surface area (Å²) in [5, 5.41) is 8.83. The molecule has 8 nitrogen and oxygen atoms in total. The fourth-order valence-electron chi connectivity index (χ4n) is 1.94. The van der Waals surface area contributed by atoms with Gasteiger partial charge in [0.05, 0.1) is 25.7 Å². The Morgan fingerprint density at radius 2 is 2.17 bits per heavy atom. The lowest BCUT2D eigenvalue weighted by molar-refractivity contribution is -0.137. The van der Waals surface area contributed by atoms with Crippen LogP contribution in [0.15, 0.2) is 35.6 Å². The summed E-state index contributed by atoms with van der Waals surface area (Å²) in [4.78, 5) is 19.7. The van der Waals surface area contributed by atoms with Gasteiger partial charge in [-0.25, -0.2) is 9.97 Å². The highest BCUT2D eigenvalue weighted by atomic mass is 32.2. The van der Waals surface area contributed by atoms with E-state index in [1.807, 2.05) is 24.3 Å². The van der Waals surface area contributed by atoms with Gasteiger partial charge in [-0.3, -0.25) is 4.79 Å². The summed E-state index contributed by atoms with van der Waals surface area (Å²) < 4.78 is 11.4. The van der Waals surface area contributed by atoms with E-state index in [1.54, 1.807) is 11.8 Å². The van der Waals surface area contributed by atoms with Crippen LogP contribution >= 0.6 is 11.8 Å². The molecule has 1 aromatic carbocycles.